The largest absolute Gasteiger partial charge is 0.481 e. The first-order valence-electron chi connectivity index (χ1n) is 4.19. The molecule has 4 heteroatoms. The lowest BCUT2D eigenvalue weighted by Gasteiger charge is -2.13. The Morgan fingerprint density at radius 1 is 1.50 bits per heavy atom. The van der Waals surface area contributed by atoms with E-state index in [0.717, 1.165) is 6.42 Å². The van der Waals surface area contributed by atoms with Crippen LogP contribution in [0.15, 0.2) is 0 Å². The van der Waals surface area contributed by atoms with Gasteiger partial charge in [-0.2, -0.15) is 0 Å². The summed E-state index contributed by atoms with van der Waals surface area (Å²) in [5.74, 6) is -0.777. The van der Waals surface area contributed by atoms with Gasteiger partial charge in [0.2, 0.25) is 0 Å². The van der Waals surface area contributed by atoms with Crippen LogP contribution in [0.5, 0.6) is 0 Å². The number of hydrogen-bond acceptors (Lipinski definition) is 3. The molecule has 4 N–H and O–H groups in total. The van der Waals surface area contributed by atoms with Gasteiger partial charge in [0.1, 0.15) is 0 Å². The first-order chi connectivity index (χ1) is 5.54. The average molecular weight is 175 g/mol. The normalized spacial score (nSPS) is 15.6. The number of nitrogens with two attached hydrogens (primary N) is 1. The maximum Gasteiger partial charge on any atom is 0.303 e. The number of unbranched alkanes of at least 4 members (excludes halogenated alkanes) is 1. The second-order valence-corrected chi connectivity index (χ2v) is 3.04. The highest BCUT2D eigenvalue weighted by molar-refractivity contribution is 5.66. The summed E-state index contributed by atoms with van der Waals surface area (Å²) in [4.78, 5) is 10.1. The zero-order valence-electron chi connectivity index (χ0n) is 7.36. The molecule has 2 atom stereocenters. The third-order valence-electron chi connectivity index (χ3n) is 1.80. The third kappa shape index (κ3) is 6.12. The molecule has 0 saturated carbocycles. The molecule has 0 bridgehead atoms. The topological polar surface area (TPSA) is 83.5 Å². The van der Waals surface area contributed by atoms with Gasteiger partial charge in [0.15, 0.2) is 0 Å². The molecule has 0 radical (unpaired) electrons. The molecule has 0 aliphatic heterocycles. The van der Waals surface area contributed by atoms with E-state index < -0.39 is 12.1 Å². The summed E-state index contributed by atoms with van der Waals surface area (Å²) in [6.45, 7) is 1.64. The Labute approximate surface area is 72.4 Å². The van der Waals surface area contributed by atoms with Gasteiger partial charge < -0.3 is 15.9 Å². The lowest BCUT2D eigenvalue weighted by atomic mass is 10.1. The molecule has 0 aliphatic rings. The molecule has 0 amide bonds. The summed E-state index contributed by atoms with van der Waals surface area (Å²) in [6, 6.07) is -0.223. The SMILES string of the molecule is C[C@@H](O)[C@@H](N)CCCCC(=O)O. The number of carboxylic acids is 1. The maximum atomic E-state index is 10.1. The Hall–Kier alpha value is -0.610. The van der Waals surface area contributed by atoms with Crippen LogP contribution in [-0.2, 0) is 4.79 Å². The smallest absolute Gasteiger partial charge is 0.303 e. The third-order valence-corrected chi connectivity index (χ3v) is 1.80. The summed E-state index contributed by atoms with van der Waals surface area (Å²) in [5.41, 5.74) is 5.54. The molecule has 72 valence electrons. The molecule has 0 fully saturated rings. The summed E-state index contributed by atoms with van der Waals surface area (Å²) in [6.07, 6.45) is 1.76. The van der Waals surface area contributed by atoms with Gasteiger partial charge in [0.05, 0.1) is 6.10 Å². The van der Waals surface area contributed by atoms with Gasteiger partial charge in [-0.05, 0) is 19.8 Å². The first kappa shape index (κ1) is 11.4. The van der Waals surface area contributed by atoms with E-state index in [0.29, 0.717) is 12.8 Å². The number of aliphatic hydroxyl groups excluding tert-OH is 1. The lowest BCUT2D eigenvalue weighted by Crippen LogP contribution is -2.32. The molecular formula is C8H17NO3. The Morgan fingerprint density at radius 3 is 2.50 bits per heavy atom. The zero-order valence-corrected chi connectivity index (χ0v) is 7.36. The maximum absolute atomic E-state index is 10.1. The van der Waals surface area contributed by atoms with Crippen LogP contribution in [0.25, 0.3) is 0 Å². The van der Waals surface area contributed by atoms with E-state index in [1.807, 2.05) is 0 Å². The number of aliphatic carboxylic acids is 1. The molecule has 0 aromatic heterocycles. The first-order valence-corrected chi connectivity index (χ1v) is 4.19. The summed E-state index contributed by atoms with van der Waals surface area (Å²) in [5, 5.41) is 17.3. The van der Waals surface area contributed by atoms with Gasteiger partial charge in [-0.3, -0.25) is 4.79 Å². The van der Waals surface area contributed by atoms with Crippen LogP contribution in [-0.4, -0.2) is 28.3 Å². The number of carboxylic acid groups (broad SMARTS) is 1. The second-order valence-electron chi connectivity index (χ2n) is 3.04. The van der Waals surface area contributed by atoms with E-state index in [4.69, 9.17) is 15.9 Å². The Kier molecular flexibility index (Phi) is 5.66. The van der Waals surface area contributed by atoms with Crippen molar-refractivity contribution < 1.29 is 15.0 Å². The molecular weight excluding hydrogens is 158 g/mol. The minimum absolute atomic E-state index is 0.187. The van der Waals surface area contributed by atoms with Gasteiger partial charge in [-0.25, -0.2) is 0 Å². The van der Waals surface area contributed by atoms with E-state index >= 15 is 0 Å². The van der Waals surface area contributed by atoms with Crippen LogP contribution in [0.4, 0.5) is 0 Å². The van der Waals surface area contributed by atoms with E-state index in [1.165, 1.54) is 0 Å². The van der Waals surface area contributed by atoms with Crippen molar-refractivity contribution in [3.05, 3.63) is 0 Å². The van der Waals surface area contributed by atoms with Crippen LogP contribution in [0.3, 0.4) is 0 Å². The van der Waals surface area contributed by atoms with Gasteiger partial charge in [0, 0.05) is 12.5 Å². The highest BCUT2D eigenvalue weighted by Crippen LogP contribution is 2.04. The highest BCUT2D eigenvalue weighted by atomic mass is 16.4. The highest BCUT2D eigenvalue weighted by Gasteiger charge is 2.08. The van der Waals surface area contributed by atoms with Crippen molar-refractivity contribution in [3.8, 4) is 0 Å². The van der Waals surface area contributed by atoms with Crippen molar-refractivity contribution in [2.24, 2.45) is 5.73 Å². The predicted octanol–water partition coefficient (Wildman–Crippen LogP) is 0.339. The fourth-order valence-corrected chi connectivity index (χ4v) is 0.897. The van der Waals surface area contributed by atoms with Crippen LogP contribution >= 0.6 is 0 Å². The van der Waals surface area contributed by atoms with Crippen molar-refractivity contribution in [2.75, 3.05) is 0 Å². The lowest BCUT2D eigenvalue weighted by molar-refractivity contribution is -0.137. The fraction of sp³-hybridized carbons (Fsp3) is 0.875. The quantitative estimate of drug-likeness (QED) is 0.508. The second kappa shape index (κ2) is 5.97. The van der Waals surface area contributed by atoms with Gasteiger partial charge in [-0.1, -0.05) is 6.42 Å². The molecule has 0 heterocycles. The van der Waals surface area contributed by atoms with E-state index in [-0.39, 0.29) is 12.5 Å². The summed E-state index contributed by atoms with van der Waals surface area (Å²) >= 11 is 0. The molecule has 0 saturated heterocycles. The van der Waals surface area contributed by atoms with Gasteiger partial charge >= 0.3 is 5.97 Å². The van der Waals surface area contributed by atoms with Crippen molar-refractivity contribution in [3.63, 3.8) is 0 Å². The van der Waals surface area contributed by atoms with Crippen molar-refractivity contribution in [2.45, 2.75) is 44.8 Å². The van der Waals surface area contributed by atoms with Gasteiger partial charge in [-0.15, -0.1) is 0 Å². The van der Waals surface area contributed by atoms with E-state index in [2.05, 4.69) is 0 Å². The van der Waals surface area contributed by atoms with E-state index in [9.17, 15) is 4.79 Å². The zero-order chi connectivity index (χ0) is 9.56. The van der Waals surface area contributed by atoms with Crippen LogP contribution in [0.2, 0.25) is 0 Å². The number of rotatable bonds is 6. The van der Waals surface area contributed by atoms with Crippen LogP contribution < -0.4 is 5.73 Å². The average Bonchev–Trinajstić information content (AvgIpc) is 1.97. The van der Waals surface area contributed by atoms with Gasteiger partial charge in [0.25, 0.3) is 0 Å². The fourth-order valence-electron chi connectivity index (χ4n) is 0.897. The monoisotopic (exact) mass is 175 g/mol. The van der Waals surface area contributed by atoms with Crippen molar-refractivity contribution in [1.82, 2.24) is 0 Å². The Balaban J connectivity index is 3.25. The molecule has 0 aliphatic carbocycles. The van der Waals surface area contributed by atoms with Crippen molar-refractivity contribution in [1.29, 1.82) is 0 Å². The molecule has 12 heavy (non-hydrogen) atoms. The predicted molar refractivity (Wildman–Crippen MR) is 45.8 cm³/mol. The Bertz CT molecular complexity index is 136. The van der Waals surface area contributed by atoms with Crippen molar-refractivity contribution >= 4 is 5.97 Å². The van der Waals surface area contributed by atoms with Crippen LogP contribution in [0.1, 0.15) is 32.6 Å². The molecule has 0 aromatic carbocycles. The minimum atomic E-state index is -0.777. The van der Waals surface area contributed by atoms with E-state index in [1.54, 1.807) is 6.92 Å². The molecule has 0 spiro atoms. The summed E-state index contributed by atoms with van der Waals surface area (Å²) in [7, 11) is 0. The molecule has 0 aromatic rings. The number of carbonyl (C=O) groups is 1. The molecule has 0 rings (SSSR count). The standard InChI is InChI=1S/C8H17NO3/c1-6(10)7(9)4-2-3-5-8(11)12/h6-7,10H,2-5,9H2,1H3,(H,11,12)/t6-,7+/m1/s1. The Morgan fingerprint density at radius 2 is 2.08 bits per heavy atom. The summed E-state index contributed by atoms with van der Waals surface area (Å²) < 4.78 is 0. The molecule has 0 unspecified atom stereocenters. The number of hydrogen-bond donors (Lipinski definition) is 3. The van der Waals surface area contributed by atoms with Crippen LogP contribution in [0, 0.1) is 0 Å². The molecule has 4 nitrogen and oxygen atoms in total. The minimum Gasteiger partial charge on any atom is -0.481 e. The number of aliphatic hydroxyl groups is 1.